The van der Waals surface area contributed by atoms with Gasteiger partial charge < -0.3 is 10.5 Å². The molecule has 0 unspecified atom stereocenters. The number of rotatable bonds is 4. The normalized spacial score (nSPS) is 10.7. The minimum Gasteiger partial charge on any atom is -0.457 e. The quantitative estimate of drug-likeness (QED) is 0.439. The Morgan fingerprint density at radius 1 is 0.903 bits per heavy atom. The number of nitrogens with one attached hydrogen (secondary N) is 1. The largest absolute Gasteiger partial charge is 0.457 e. The summed E-state index contributed by atoms with van der Waals surface area (Å²) in [5, 5.41) is 17.0. The first-order valence-electron chi connectivity index (χ1n) is 9.55. The zero-order valence-electron chi connectivity index (χ0n) is 16.3. The van der Waals surface area contributed by atoms with Crippen LogP contribution < -0.4 is 10.5 Å². The van der Waals surface area contributed by atoms with Crippen LogP contribution in [-0.2, 0) is 0 Å². The van der Waals surface area contributed by atoms with Gasteiger partial charge in [-0.25, -0.2) is 4.98 Å². The van der Waals surface area contributed by atoms with Crippen molar-refractivity contribution >= 4 is 16.7 Å². The number of aromatic amines is 1. The van der Waals surface area contributed by atoms with E-state index in [2.05, 4.69) is 21.3 Å². The van der Waals surface area contributed by atoms with E-state index in [1.807, 2.05) is 60.7 Å². The molecule has 3 N–H and O–H groups in total. The fourth-order valence-electron chi connectivity index (χ4n) is 3.37. The Labute approximate surface area is 177 Å². The first-order chi connectivity index (χ1) is 15.2. The van der Waals surface area contributed by atoms with Gasteiger partial charge >= 0.3 is 0 Å². The lowest BCUT2D eigenvalue weighted by atomic mass is 10.0. The monoisotopic (exact) mass is 404 g/mol. The Bertz CT molecular complexity index is 1420. The van der Waals surface area contributed by atoms with Crippen LogP contribution >= 0.6 is 0 Å². The van der Waals surface area contributed by atoms with Crippen LogP contribution in [0.2, 0.25) is 0 Å². The van der Waals surface area contributed by atoms with Crippen LogP contribution in [0, 0.1) is 11.3 Å². The molecule has 0 aliphatic rings. The maximum Gasteiger partial charge on any atom is 0.155 e. The van der Waals surface area contributed by atoms with Crippen LogP contribution in [0.1, 0.15) is 5.56 Å². The second kappa shape index (κ2) is 7.61. The Morgan fingerprint density at radius 3 is 2.45 bits per heavy atom. The van der Waals surface area contributed by atoms with Crippen molar-refractivity contribution < 1.29 is 4.74 Å². The molecule has 5 aromatic rings. The molecule has 3 heterocycles. The van der Waals surface area contributed by atoms with E-state index >= 15 is 0 Å². The van der Waals surface area contributed by atoms with Crippen LogP contribution in [0.3, 0.4) is 0 Å². The minimum atomic E-state index is 0.373. The van der Waals surface area contributed by atoms with E-state index in [1.165, 1.54) is 6.20 Å². The molecule has 0 spiro atoms. The van der Waals surface area contributed by atoms with Crippen molar-refractivity contribution in [1.29, 1.82) is 5.26 Å². The van der Waals surface area contributed by atoms with Gasteiger partial charge in [0.15, 0.2) is 5.82 Å². The van der Waals surface area contributed by atoms with E-state index < -0.39 is 0 Å². The lowest BCUT2D eigenvalue weighted by Gasteiger charge is -2.09. The molecule has 0 aliphatic carbocycles. The van der Waals surface area contributed by atoms with E-state index in [-0.39, 0.29) is 0 Å². The minimum absolute atomic E-state index is 0.373. The molecule has 3 aromatic heterocycles. The van der Waals surface area contributed by atoms with Gasteiger partial charge in [-0.15, -0.1) is 0 Å². The molecule has 148 valence electrons. The summed E-state index contributed by atoms with van der Waals surface area (Å²) in [6.07, 6.45) is 3.19. The number of pyridine rings is 2. The van der Waals surface area contributed by atoms with Gasteiger partial charge in [-0.2, -0.15) is 10.4 Å². The van der Waals surface area contributed by atoms with E-state index in [1.54, 1.807) is 12.3 Å². The van der Waals surface area contributed by atoms with Gasteiger partial charge in [0.05, 0.1) is 27.9 Å². The number of anilines is 1. The Hall–Kier alpha value is -4.70. The second-order valence-electron chi connectivity index (χ2n) is 6.90. The number of H-pyrrole nitrogens is 1. The smallest absolute Gasteiger partial charge is 0.155 e. The van der Waals surface area contributed by atoms with Gasteiger partial charge in [0.1, 0.15) is 17.6 Å². The number of nitrogen functional groups attached to an aromatic ring is 1. The Morgan fingerprint density at radius 2 is 1.68 bits per heavy atom. The van der Waals surface area contributed by atoms with E-state index in [4.69, 9.17) is 15.5 Å². The molecule has 2 aromatic carbocycles. The predicted molar refractivity (Wildman–Crippen MR) is 118 cm³/mol. The fourth-order valence-corrected chi connectivity index (χ4v) is 3.37. The molecular formula is C24H16N6O. The summed E-state index contributed by atoms with van der Waals surface area (Å²) < 4.78 is 5.88. The van der Waals surface area contributed by atoms with E-state index in [0.717, 1.165) is 27.8 Å². The van der Waals surface area contributed by atoms with Crippen molar-refractivity contribution in [3.05, 3.63) is 84.7 Å². The molecule has 5 rings (SSSR count). The van der Waals surface area contributed by atoms with Crippen LogP contribution in [0.25, 0.3) is 33.4 Å². The number of nitrogens with zero attached hydrogens (tertiary/aromatic N) is 4. The Balaban J connectivity index is 1.58. The molecular weight excluding hydrogens is 388 g/mol. The SMILES string of the molecule is N#Cc1cncc(-c2cc3[nH]nc(N)c3c(-c3ccc(Oc4ccccc4)cc3)n2)c1. The zero-order valence-corrected chi connectivity index (χ0v) is 16.3. The first-order valence-corrected chi connectivity index (χ1v) is 9.55. The molecule has 0 amide bonds. The van der Waals surface area contributed by atoms with Gasteiger partial charge in [-0.1, -0.05) is 18.2 Å². The van der Waals surface area contributed by atoms with Gasteiger partial charge in [0.2, 0.25) is 0 Å². The molecule has 31 heavy (non-hydrogen) atoms. The first kappa shape index (κ1) is 18.3. The molecule has 7 nitrogen and oxygen atoms in total. The third-order valence-electron chi connectivity index (χ3n) is 4.84. The summed E-state index contributed by atoms with van der Waals surface area (Å²) in [5.41, 5.74) is 10.3. The molecule has 0 saturated heterocycles. The maximum atomic E-state index is 9.19. The Kier molecular flexibility index (Phi) is 4.50. The molecule has 0 aliphatic heterocycles. The summed E-state index contributed by atoms with van der Waals surface area (Å²) in [5.74, 6) is 1.85. The third kappa shape index (κ3) is 3.54. The van der Waals surface area contributed by atoms with Crippen molar-refractivity contribution in [2.75, 3.05) is 5.73 Å². The molecule has 7 heteroatoms. The molecule has 0 saturated carbocycles. The number of fused-ring (bicyclic) bond motifs is 1. The van der Waals surface area contributed by atoms with Crippen molar-refractivity contribution in [2.45, 2.75) is 0 Å². The van der Waals surface area contributed by atoms with Crippen molar-refractivity contribution in [3.8, 4) is 40.1 Å². The average Bonchev–Trinajstić information content (AvgIpc) is 3.20. The summed E-state index contributed by atoms with van der Waals surface area (Å²) >= 11 is 0. The zero-order chi connectivity index (χ0) is 21.2. The highest BCUT2D eigenvalue weighted by atomic mass is 16.5. The number of hydrogen-bond acceptors (Lipinski definition) is 6. The van der Waals surface area contributed by atoms with Crippen LogP contribution in [-0.4, -0.2) is 20.2 Å². The molecule has 0 atom stereocenters. The van der Waals surface area contributed by atoms with Gasteiger partial charge in [0, 0.05) is 23.5 Å². The van der Waals surface area contributed by atoms with Crippen molar-refractivity contribution in [1.82, 2.24) is 20.2 Å². The van der Waals surface area contributed by atoms with Gasteiger partial charge in [-0.3, -0.25) is 10.1 Å². The summed E-state index contributed by atoms with van der Waals surface area (Å²) in [7, 11) is 0. The van der Waals surface area contributed by atoms with Gasteiger partial charge in [-0.05, 0) is 48.5 Å². The predicted octanol–water partition coefficient (Wildman–Crippen LogP) is 4.93. The number of para-hydroxylation sites is 1. The maximum absolute atomic E-state index is 9.19. The summed E-state index contributed by atoms with van der Waals surface area (Å²) in [4.78, 5) is 8.97. The lowest BCUT2D eigenvalue weighted by molar-refractivity contribution is 0.483. The highest BCUT2D eigenvalue weighted by Crippen LogP contribution is 2.34. The van der Waals surface area contributed by atoms with Crippen LogP contribution in [0.4, 0.5) is 5.82 Å². The summed E-state index contributed by atoms with van der Waals surface area (Å²) in [6, 6.07) is 22.9. The second-order valence-corrected chi connectivity index (χ2v) is 6.90. The molecule has 0 fully saturated rings. The topological polar surface area (TPSA) is 114 Å². The van der Waals surface area contributed by atoms with Crippen molar-refractivity contribution in [3.63, 3.8) is 0 Å². The highest BCUT2D eigenvalue weighted by molar-refractivity contribution is 6.01. The molecule has 0 bridgehead atoms. The number of benzene rings is 2. The molecule has 0 radical (unpaired) electrons. The fraction of sp³-hybridized carbons (Fsp3) is 0. The number of nitriles is 1. The van der Waals surface area contributed by atoms with E-state index in [0.29, 0.717) is 28.5 Å². The van der Waals surface area contributed by atoms with Crippen molar-refractivity contribution in [2.24, 2.45) is 0 Å². The lowest BCUT2D eigenvalue weighted by Crippen LogP contribution is -1.94. The standard InChI is InChI=1S/C24H16N6O/c25-12-15-10-17(14-27-13-15)20-11-21-22(24(26)30-29-21)23(28-20)16-6-8-19(9-7-16)31-18-4-2-1-3-5-18/h1-11,13-14H,(H3,26,29,30). The van der Waals surface area contributed by atoms with Gasteiger partial charge in [0.25, 0.3) is 0 Å². The number of hydrogen-bond donors (Lipinski definition) is 2. The number of aromatic nitrogens is 4. The number of nitrogens with two attached hydrogens (primary N) is 1. The summed E-state index contributed by atoms with van der Waals surface area (Å²) in [6.45, 7) is 0. The van der Waals surface area contributed by atoms with Crippen LogP contribution in [0.15, 0.2) is 79.1 Å². The average molecular weight is 404 g/mol. The van der Waals surface area contributed by atoms with E-state index in [9.17, 15) is 5.26 Å². The number of ether oxygens (including phenoxy) is 1. The van der Waals surface area contributed by atoms with Crippen LogP contribution in [0.5, 0.6) is 11.5 Å². The third-order valence-corrected chi connectivity index (χ3v) is 4.84. The highest BCUT2D eigenvalue weighted by Gasteiger charge is 2.15.